The number of carboxylic acid groups (broad SMARTS) is 1. The summed E-state index contributed by atoms with van der Waals surface area (Å²) in [6.45, 7) is 0.468. The lowest BCUT2D eigenvalue weighted by molar-refractivity contribution is -0.150. The summed E-state index contributed by atoms with van der Waals surface area (Å²) in [7, 11) is 0. The Kier molecular flexibility index (Phi) is 1.91. The molecule has 13 heavy (non-hydrogen) atoms. The maximum Gasteiger partial charge on any atom is 0.321 e. The molecular formula is C6H10N4O3. The molecule has 2 rings (SSSR count). The van der Waals surface area contributed by atoms with Crippen LogP contribution in [-0.4, -0.2) is 41.0 Å². The van der Waals surface area contributed by atoms with Crippen LogP contribution in [0.25, 0.3) is 0 Å². The van der Waals surface area contributed by atoms with Gasteiger partial charge in [0.1, 0.15) is 6.04 Å². The number of carbonyl (C=O) groups is 2. The second-order valence-electron chi connectivity index (χ2n) is 2.97. The van der Waals surface area contributed by atoms with Crippen LogP contribution >= 0.6 is 0 Å². The monoisotopic (exact) mass is 186 g/mol. The van der Waals surface area contributed by atoms with Crippen molar-refractivity contribution in [3.63, 3.8) is 0 Å². The number of carboxylic acids is 1. The van der Waals surface area contributed by atoms with Gasteiger partial charge in [0, 0.05) is 0 Å². The van der Waals surface area contributed by atoms with Crippen LogP contribution in [0.5, 0.6) is 0 Å². The van der Waals surface area contributed by atoms with E-state index in [0.29, 0.717) is 6.67 Å². The molecular weight excluding hydrogens is 176 g/mol. The molecule has 0 spiro atoms. The minimum Gasteiger partial charge on any atom is -0.480 e. The van der Waals surface area contributed by atoms with E-state index in [-0.39, 0.29) is 12.3 Å². The Labute approximate surface area is 74.0 Å². The van der Waals surface area contributed by atoms with E-state index in [1.165, 1.54) is 5.01 Å². The molecule has 2 heterocycles. The second kappa shape index (κ2) is 2.95. The first-order chi connectivity index (χ1) is 6.18. The molecule has 2 unspecified atom stereocenters. The Hall–Kier alpha value is -1.18. The second-order valence-corrected chi connectivity index (χ2v) is 2.97. The van der Waals surface area contributed by atoms with Crippen molar-refractivity contribution in [1.29, 1.82) is 0 Å². The first-order valence-corrected chi connectivity index (χ1v) is 3.96. The standard InChI is InChI=1S/C6H10N4O3/c11-4-1-3(5(12)13)9-6-7-2-8-10(4)6/h3,6-9H,1-2H2,(H,12,13). The van der Waals surface area contributed by atoms with Crippen LogP contribution in [0.1, 0.15) is 6.42 Å². The molecule has 0 aromatic rings. The quantitative estimate of drug-likeness (QED) is 0.365. The van der Waals surface area contributed by atoms with Gasteiger partial charge >= 0.3 is 5.97 Å². The third-order valence-corrected chi connectivity index (χ3v) is 2.11. The highest BCUT2D eigenvalue weighted by molar-refractivity contribution is 5.85. The lowest BCUT2D eigenvalue weighted by atomic mass is 10.1. The first kappa shape index (κ1) is 8.42. The lowest BCUT2D eigenvalue weighted by Crippen LogP contribution is -2.62. The van der Waals surface area contributed by atoms with Crippen LogP contribution < -0.4 is 16.1 Å². The van der Waals surface area contributed by atoms with Crippen molar-refractivity contribution in [3.05, 3.63) is 0 Å². The molecule has 0 radical (unpaired) electrons. The fraction of sp³-hybridized carbons (Fsp3) is 0.667. The van der Waals surface area contributed by atoms with Crippen LogP contribution in [0.2, 0.25) is 0 Å². The maximum absolute atomic E-state index is 11.3. The van der Waals surface area contributed by atoms with Crippen molar-refractivity contribution in [1.82, 2.24) is 21.1 Å². The van der Waals surface area contributed by atoms with Gasteiger partial charge in [-0.2, -0.15) is 0 Å². The molecule has 2 aliphatic rings. The molecule has 7 nitrogen and oxygen atoms in total. The number of hydrogen-bond donors (Lipinski definition) is 4. The van der Waals surface area contributed by atoms with Gasteiger partial charge in [-0.3, -0.25) is 20.2 Å². The van der Waals surface area contributed by atoms with E-state index in [1.54, 1.807) is 0 Å². The van der Waals surface area contributed by atoms with Gasteiger partial charge in [-0.25, -0.2) is 10.4 Å². The molecule has 0 bridgehead atoms. The number of carbonyl (C=O) groups excluding carboxylic acids is 1. The number of nitrogens with one attached hydrogen (secondary N) is 3. The number of nitrogens with zero attached hydrogens (tertiary/aromatic N) is 1. The largest absolute Gasteiger partial charge is 0.480 e. The van der Waals surface area contributed by atoms with Gasteiger partial charge in [-0.05, 0) is 0 Å². The van der Waals surface area contributed by atoms with Crippen LogP contribution in [0, 0.1) is 0 Å². The molecule has 0 saturated carbocycles. The minimum absolute atomic E-state index is 0.0134. The topological polar surface area (TPSA) is 93.7 Å². The number of hydrazine groups is 1. The summed E-state index contributed by atoms with van der Waals surface area (Å²) in [5.41, 5.74) is 2.79. The molecule has 1 amide bonds. The summed E-state index contributed by atoms with van der Waals surface area (Å²) in [6.07, 6.45) is -0.414. The Morgan fingerprint density at radius 1 is 1.62 bits per heavy atom. The zero-order valence-electron chi connectivity index (χ0n) is 6.78. The van der Waals surface area contributed by atoms with E-state index >= 15 is 0 Å². The van der Waals surface area contributed by atoms with Gasteiger partial charge in [0.2, 0.25) is 5.91 Å². The summed E-state index contributed by atoms with van der Waals surface area (Å²) < 4.78 is 0. The van der Waals surface area contributed by atoms with E-state index < -0.39 is 18.3 Å². The zero-order chi connectivity index (χ0) is 9.42. The number of rotatable bonds is 1. The number of hydrogen-bond acceptors (Lipinski definition) is 5. The van der Waals surface area contributed by atoms with Gasteiger partial charge in [-0.15, -0.1) is 0 Å². The summed E-state index contributed by atoms with van der Waals surface area (Å²) in [5, 5.41) is 15.7. The van der Waals surface area contributed by atoms with E-state index in [0.717, 1.165) is 0 Å². The summed E-state index contributed by atoms with van der Waals surface area (Å²) >= 11 is 0. The molecule has 0 aliphatic carbocycles. The first-order valence-electron chi connectivity index (χ1n) is 3.96. The molecule has 2 fully saturated rings. The van der Waals surface area contributed by atoms with Crippen LogP contribution in [-0.2, 0) is 9.59 Å². The predicted molar refractivity (Wildman–Crippen MR) is 40.9 cm³/mol. The molecule has 4 N–H and O–H groups in total. The van der Waals surface area contributed by atoms with Crippen molar-refractivity contribution >= 4 is 11.9 Å². The molecule has 0 aromatic carbocycles. The molecule has 0 aromatic heterocycles. The summed E-state index contributed by atoms with van der Waals surface area (Å²) in [4.78, 5) is 21.9. The normalized spacial score (nSPS) is 33.2. The predicted octanol–water partition coefficient (Wildman–Crippen LogP) is -2.39. The highest BCUT2D eigenvalue weighted by Crippen LogP contribution is 2.09. The molecule has 2 aliphatic heterocycles. The third-order valence-electron chi connectivity index (χ3n) is 2.11. The van der Waals surface area contributed by atoms with Crippen LogP contribution in [0.3, 0.4) is 0 Å². The van der Waals surface area contributed by atoms with Crippen molar-refractivity contribution < 1.29 is 14.7 Å². The highest BCUT2D eigenvalue weighted by Gasteiger charge is 2.38. The van der Waals surface area contributed by atoms with Crippen molar-refractivity contribution in [2.45, 2.75) is 18.8 Å². The van der Waals surface area contributed by atoms with Crippen molar-refractivity contribution in [2.24, 2.45) is 0 Å². The maximum atomic E-state index is 11.3. The minimum atomic E-state index is -0.998. The van der Waals surface area contributed by atoms with E-state index in [4.69, 9.17) is 5.11 Å². The average Bonchev–Trinajstić information content (AvgIpc) is 2.51. The zero-order valence-corrected chi connectivity index (χ0v) is 6.78. The summed E-state index contributed by atoms with van der Waals surface area (Å²) in [5.74, 6) is -1.21. The van der Waals surface area contributed by atoms with Crippen molar-refractivity contribution in [2.75, 3.05) is 6.67 Å². The van der Waals surface area contributed by atoms with Gasteiger partial charge in [0.15, 0.2) is 6.29 Å². The molecule has 72 valence electrons. The van der Waals surface area contributed by atoms with E-state index in [9.17, 15) is 9.59 Å². The fourth-order valence-electron chi connectivity index (χ4n) is 1.46. The van der Waals surface area contributed by atoms with E-state index in [1.807, 2.05) is 0 Å². The van der Waals surface area contributed by atoms with Crippen molar-refractivity contribution in [3.8, 4) is 0 Å². The van der Waals surface area contributed by atoms with Gasteiger partial charge in [-0.1, -0.05) is 0 Å². The molecule has 7 heteroatoms. The Morgan fingerprint density at radius 2 is 2.38 bits per heavy atom. The molecule has 2 atom stereocenters. The SMILES string of the molecule is O=C(O)C1CC(=O)N2NCNC2N1. The Bertz CT molecular complexity index is 256. The van der Waals surface area contributed by atoms with Gasteiger partial charge < -0.3 is 5.11 Å². The van der Waals surface area contributed by atoms with Gasteiger partial charge in [0.25, 0.3) is 0 Å². The van der Waals surface area contributed by atoms with Crippen LogP contribution in [0.15, 0.2) is 0 Å². The fourth-order valence-corrected chi connectivity index (χ4v) is 1.46. The Balaban J connectivity index is 2.09. The Morgan fingerprint density at radius 3 is 3.08 bits per heavy atom. The summed E-state index contributed by atoms with van der Waals surface area (Å²) in [6, 6.07) is -0.791. The average molecular weight is 186 g/mol. The lowest BCUT2D eigenvalue weighted by Gasteiger charge is -2.32. The number of aliphatic carboxylic acids is 1. The molecule has 2 saturated heterocycles. The smallest absolute Gasteiger partial charge is 0.321 e. The van der Waals surface area contributed by atoms with Crippen LogP contribution in [0.4, 0.5) is 0 Å². The number of fused-ring (bicyclic) bond motifs is 1. The number of amides is 1. The van der Waals surface area contributed by atoms with E-state index in [2.05, 4.69) is 16.1 Å². The van der Waals surface area contributed by atoms with Gasteiger partial charge in [0.05, 0.1) is 13.1 Å². The third kappa shape index (κ3) is 1.37. The highest BCUT2D eigenvalue weighted by atomic mass is 16.4.